The van der Waals surface area contributed by atoms with Gasteiger partial charge < -0.3 is 14.9 Å². The first kappa shape index (κ1) is 23.6. The van der Waals surface area contributed by atoms with Crippen molar-refractivity contribution in [3.63, 3.8) is 0 Å². The maximum atomic E-state index is 13.2. The first-order valence-electron chi connectivity index (χ1n) is 12.0. The molecular formula is C25H39F3O3. The summed E-state index contributed by atoms with van der Waals surface area (Å²) in [6.45, 7) is 6.51. The van der Waals surface area contributed by atoms with E-state index in [1.807, 2.05) is 0 Å². The zero-order valence-corrected chi connectivity index (χ0v) is 19.3. The van der Waals surface area contributed by atoms with E-state index in [4.69, 9.17) is 4.74 Å². The molecule has 3 fully saturated rings. The van der Waals surface area contributed by atoms with Crippen LogP contribution in [0.25, 0.3) is 0 Å². The molecule has 4 aliphatic carbocycles. The normalized spacial score (nSPS) is 47.1. The number of methoxy groups -OCH3 is 1. The number of ether oxygens (including phenoxy) is 1. The third kappa shape index (κ3) is 3.69. The van der Waals surface area contributed by atoms with E-state index in [1.165, 1.54) is 5.57 Å². The van der Waals surface area contributed by atoms with E-state index in [1.54, 1.807) is 14.0 Å². The van der Waals surface area contributed by atoms with Crippen LogP contribution >= 0.6 is 0 Å². The molecule has 0 bridgehead atoms. The second kappa shape index (κ2) is 7.73. The molecular weight excluding hydrogens is 405 g/mol. The largest absolute Gasteiger partial charge is 0.414 e. The topological polar surface area (TPSA) is 49.7 Å². The van der Waals surface area contributed by atoms with Gasteiger partial charge in [-0.05, 0) is 91.8 Å². The molecule has 4 rings (SSSR count). The highest BCUT2D eigenvalue weighted by Gasteiger charge is 2.61. The Balaban J connectivity index is 1.57. The van der Waals surface area contributed by atoms with Crippen molar-refractivity contribution in [3.05, 3.63) is 11.6 Å². The molecule has 178 valence electrons. The lowest BCUT2D eigenvalue weighted by Gasteiger charge is -2.59. The van der Waals surface area contributed by atoms with E-state index < -0.39 is 23.8 Å². The molecule has 0 unspecified atom stereocenters. The van der Waals surface area contributed by atoms with Gasteiger partial charge in [-0.1, -0.05) is 32.4 Å². The summed E-state index contributed by atoms with van der Waals surface area (Å²) in [6, 6.07) is 0. The second-order valence-corrected chi connectivity index (χ2v) is 11.7. The van der Waals surface area contributed by atoms with Gasteiger partial charge >= 0.3 is 6.18 Å². The Morgan fingerprint density at radius 2 is 1.84 bits per heavy atom. The van der Waals surface area contributed by atoms with Crippen LogP contribution in [0, 0.1) is 40.4 Å². The highest BCUT2D eigenvalue weighted by atomic mass is 19.4. The summed E-state index contributed by atoms with van der Waals surface area (Å²) in [5.74, 6) is 0.566. The lowest BCUT2D eigenvalue weighted by Crippen LogP contribution is -2.53. The van der Waals surface area contributed by atoms with Gasteiger partial charge in [0, 0.05) is 7.11 Å². The molecule has 9 atom stereocenters. The van der Waals surface area contributed by atoms with Crippen molar-refractivity contribution >= 4 is 0 Å². The van der Waals surface area contributed by atoms with Crippen LogP contribution in [0.3, 0.4) is 0 Å². The Hall–Kier alpha value is -0.590. The van der Waals surface area contributed by atoms with E-state index in [9.17, 15) is 23.4 Å². The zero-order chi connectivity index (χ0) is 22.8. The molecule has 4 aliphatic rings. The van der Waals surface area contributed by atoms with Gasteiger partial charge in [0.05, 0.1) is 12.2 Å². The minimum Gasteiger partial charge on any atom is -0.387 e. The number of aliphatic hydroxyl groups excluding tert-OH is 1. The highest BCUT2D eigenvalue weighted by molar-refractivity contribution is 5.27. The number of rotatable bonds is 4. The van der Waals surface area contributed by atoms with Gasteiger partial charge in [-0.25, -0.2) is 0 Å². The lowest BCUT2D eigenvalue weighted by atomic mass is 9.46. The quantitative estimate of drug-likeness (QED) is 0.563. The molecule has 0 saturated heterocycles. The third-order valence-corrected chi connectivity index (χ3v) is 10.2. The molecule has 31 heavy (non-hydrogen) atoms. The number of alkyl halides is 3. The van der Waals surface area contributed by atoms with Gasteiger partial charge in [0.2, 0.25) is 0 Å². The Morgan fingerprint density at radius 1 is 1.13 bits per heavy atom. The van der Waals surface area contributed by atoms with Crippen molar-refractivity contribution in [1.29, 1.82) is 0 Å². The number of fused-ring (bicyclic) bond motifs is 5. The SMILES string of the molecule is COC[C@]1(O)CC[C@@]2(C)C(=CC[C@H]3[C@@H]4CC[C@H]([C@H](C)[C@@H](O)C(F)(F)F)[C@@]4(C)CC[C@@H]32)C1. The molecule has 0 aliphatic heterocycles. The number of hydrogen-bond donors (Lipinski definition) is 2. The molecule has 2 N–H and O–H groups in total. The Bertz CT molecular complexity index is 721. The Labute approximate surface area is 184 Å². The van der Waals surface area contributed by atoms with Crippen LogP contribution in [-0.2, 0) is 4.74 Å². The zero-order valence-electron chi connectivity index (χ0n) is 19.3. The molecule has 0 spiro atoms. The van der Waals surface area contributed by atoms with Gasteiger partial charge in [-0.2, -0.15) is 13.2 Å². The number of halogens is 3. The van der Waals surface area contributed by atoms with Gasteiger partial charge in [0.25, 0.3) is 0 Å². The lowest BCUT2D eigenvalue weighted by molar-refractivity contribution is -0.227. The van der Waals surface area contributed by atoms with Gasteiger partial charge in [0.15, 0.2) is 6.10 Å². The maximum absolute atomic E-state index is 13.2. The molecule has 0 aromatic carbocycles. The molecule has 0 heterocycles. The predicted molar refractivity (Wildman–Crippen MR) is 113 cm³/mol. The van der Waals surface area contributed by atoms with Crippen molar-refractivity contribution < 1.29 is 28.1 Å². The number of allylic oxidation sites excluding steroid dienone is 1. The molecule has 0 amide bonds. The molecule has 0 aromatic heterocycles. The van der Waals surface area contributed by atoms with Crippen molar-refractivity contribution in [2.24, 2.45) is 40.4 Å². The summed E-state index contributed by atoms with van der Waals surface area (Å²) < 4.78 is 45.0. The minimum atomic E-state index is -4.55. The van der Waals surface area contributed by atoms with Crippen LogP contribution in [0.5, 0.6) is 0 Å². The summed E-state index contributed by atoms with van der Waals surface area (Å²) in [7, 11) is 1.63. The van der Waals surface area contributed by atoms with Crippen molar-refractivity contribution in [3.8, 4) is 0 Å². The van der Waals surface area contributed by atoms with Gasteiger partial charge in [-0.3, -0.25) is 0 Å². The summed E-state index contributed by atoms with van der Waals surface area (Å²) in [6.07, 6.45) is 2.55. The second-order valence-electron chi connectivity index (χ2n) is 11.7. The minimum absolute atomic E-state index is 0.0689. The fourth-order valence-corrected chi connectivity index (χ4v) is 8.53. The molecule has 0 radical (unpaired) electrons. The first-order valence-corrected chi connectivity index (χ1v) is 12.0. The van der Waals surface area contributed by atoms with Crippen molar-refractivity contribution in [2.45, 2.75) is 90.0 Å². The predicted octanol–water partition coefficient (Wildman–Crippen LogP) is 5.50. The average molecular weight is 445 g/mol. The Kier molecular flexibility index (Phi) is 5.88. The fraction of sp³-hybridized carbons (Fsp3) is 0.920. The molecule has 3 saturated carbocycles. The fourth-order valence-electron chi connectivity index (χ4n) is 8.53. The molecule has 0 aromatic rings. The van der Waals surface area contributed by atoms with Crippen LogP contribution in [0.15, 0.2) is 11.6 Å². The Morgan fingerprint density at radius 3 is 2.48 bits per heavy atom. The highest BCUT2D eigenvalue weighted by Crippen LogP contribution is 2.68. The van der Waals surface area contributed by atoms with E-state index >= 15 is 0 Å². The maximum Gasteiger partial charge on any atom is 0.414 e. The van der Waals surface area contributed by atoms with E-state index in [-0.39, 0.29) is 16.7 Å². The third-order valence-electron chi connectivity index (χ3n) is 10.2. The van der Waals surface area contributed by atoms with Gasteiger partial charge in [-0.15, -0.1) is 0 Å². The average Bonchev–Trinajstić information content (AvgIpc) is 3.04. The van der Waals surface area contributed by atoms with Crippen LogP contribution in [0.2, 0.25) is 0 Å². The van der Waals surface area contributed by atoms with Crippen LogP contribution in [0.1, 0.15) is 72.1 Å². The van der Waals surface area contributed by atoms with Crippen LogP contribution in [0.4, 0.5) is 13.2 Å². The number of aliphatic hydroxyl groups is 2. The monoisotopic (exact) mass is 444 g/mol. The molecule has 3 nitrogen and oxygen atoms in total. The van der Waals surface area contributed by atoms with E-state index in [0.29, 0.717) is 30.8 Å². The standard InChI is InChI=1S/C25H39F3O3/c1-15(21(29)25(26,27)28)18-7-8-19-17-6-5-16-13-24(30,14-31-4)12-11-22(16,2)20(17)9-10-23(18,19)3/h5,15,17-21,29-30H,6-14H2,1-4H3/t15-,17-,18+,19-,20-,21+,22-,23+,24-/m0/s1. The van der Waals surface area contributed by atoms with Crippen molar-refractivity contribution in [1.82, 2.24) is 0 Å². The molecule has 6 heteroatoms. The van der Waals surface area contributed by atoms with E-state index in [2.05, 4.69) is 19.9 Å². The van der Waals surface area contributed by atoms with Gasteiger partial charge in [0.1, 0.15) is 0 Å². The first-order chi connectivity index (χ1) is 14.4. The summed E-state index contributed by atoms with van der Waals surface area (Å²) in [5, 5.41) is 20.9. The summed E-state index contributed by atoms with van der Waals surface area (Å²) in [4.78, 5) is 0. The van der Waals surface area contributed by atoms with Crippen LogP contribution < -0.4 is 0 Å². The van der Waals surface area contributed by atoms with E-state index in [0.717, 1.165) is 44.9 Å². The van der Waals surface area contributed by atoms with Crippen LogP contribution in [-0.4, -0.2) is 41.8 Å². The summed E-state index contributed by atoms with van der Waals surface area (Å²) in [5.41, 5.74) is 0.510. The number of hydrogen-bond acceptors (Lipinski definition) is 3. The smallest absolute Gasteiger partial charge is 0.387 e. The summed E-state index contributed by atoms with van der Waals surface area (Å²) >= 11 is 0. The van der Waals surface area contributed by atoms with Crippen molar-refractivity contribution in [2.75, 3.05) is 13.7 Å².